The number of carboxylic acid groups (broad SMARTS) is 1. The Balaban J connectivity index is 3.11. The lowest BCUT2D eigenvalue weighted by Crippen LogP contribution is -2.50. The first-order chi connectivity index (χ1) is 8.10. The molecule has 0 radical (unpaired) electrons. The molecule has 4 heteroatoms. The van der Waals surface area contributed by atoms with Gasteiger partial charge in [-0.3, -0.25) is 4.79 Å². The van der Waals surface area contributed by atoms with Gasteiger partial charge in [0.25, 0.3) is 0 Å². The molecule has 0 bridgehead atoms. The Morgan fingerprint density at radius 1 is 1.39 bits per heavy atom. The van der Waals surface area contributed by atoms with Gasteiger partial charge in [0.15, 0.2) is 0 Å². The molecule has 3 nitrogen and oxygen atoms in total. The molecule has 0 fully saturated rings. The Morgan fingerprint density at radius 3 is 2.33 bits per heavy atom. The van der Waals surface area contributed by atoms with Crippen LogP contribution in [-0.2, 0) is 9.53 Å². The van der Waals surface area contributed by atoms with Gasteiger partial charge in [-0.1, -0.05) is 39.5 Å². The standard InChI is InChI=1S/C14H26O3Si/c1-10-8-7-9-11(17-10)14(5,12(15)16)18(6)13(2,3)4/h7,9-11,18H,8H2,1-6H3,(H,15,16)/t10-,11+,14?,18?/m1/s1. The van der Waals surface area contributed by atoms with E-state index in [4.69, 9.17) is 4.74 Å². The van der Waals surface area contributed by atoms with Crippen LogP contribution >= 0.6 is 0 Å². The van der Waals surface area contributed by atoms with Crippen LogP contribution in [0.4, 0.5) is 0 Å². The quantitative estimate of drug-likeness (QED) is 0.632. The van der Waals surface area contributed by atoms with Gasteiger partial charge < -0.3 is 9.84 Å². The highest BCUT2D eigenvalue weighted by Gasteiger charge is 2.51. The summed E-state index contributed by atoms with van der Waals surface area (Å²) in [6.07, 6.45) is 4.70. The zero-order chi connectivity index (χ0) is 14.1. The van der Waals surface area contributed by atoms with Gasteiger partial charge in [-0.2, -0.15) is 0 Å². The molecular weight excluding hydrogens is 244 g/mol. The van der Waals surface area contributed by atoms with Gasteiger partial charge in [-0.05, 0) is 25.3 Å². The van der Waals surface area contributed by atoms with Crippen LogP contribution in [-0.4, -0.2) is 32.1 Å². The SMILES string of the molecule is C[C@@H]1CC=C[C@@H](C(C)(C(=O)O)[SiH](C)C(C)(C)C)O1. The number of carbonyl (C=O) groups is 1. The molecule has 0 spiro atoms. The average molecular weight is 270 g/mol. The van der Waals surface area contributed by atoms with Gasteiger partial charge in [0, 0.05) is 0 Å². The second-order valence-corrected chi connectivity index (χ2v) is 11.1. The molecule has 1 rings (SSSR count). The van der Waals surface area contributed by atoms with E-state index in [1.807, 2.05) is 19.9 Å². The monoisotopic (exact) mass is 270 g/mol. The fourth-order valence-corrected chi connectivity index (χ4v) is 5.39. The van der Waals surface area contributed by atoms with Crippen LogP contribution in [0.25, 0.3) is 0 Å². The number of ether oxygens (including phenoxy) is 1. The number of hydrogen-bond acceptors (Lipinski definition) is 2. The molecule has 0 aromatic heterocycles. The third-order valence-electron chi connectivity index (χ3n) is 4.41. The molecule has 4 atom stereocenters. The van der Waals surface area contributed by atoms with Gasteiger partial charge >= 0.3 is 5.97 Å². The first-order valence-corrected chi connectivity index (χ1v) is 8.96. The van der Waals surface area contributed by atoms with Gasteiger partial charge in [-0.15, -0.1) is 0 Å². The fraction of sp³-hybridized carbons (Fsp3) is 0.786. The normalized spacial score (nSPS) is 29.7. The van der Waals surface area contributed by atoms with Crippen molar-refractivity contribution in [3.05, 3.63) is 12.2 Å². The molecule has 2 unspecified atom stereocenters. The summed E-state index contributed by atoms with van der Waals surface area (Å²) in [6, 6.07) is 0. The lowest BCUT2D eigenvalue weighted by Gasteiger charge is -2.44. The summed E-state index contributed by atoms with van der Waals surface area (Å²) >= 11 is 0. The predicted octanol–water partition coefficient (Wildman–Crippen LogP) is 3.22. The summed E-state index contributed by atoms with van der Waals surface area (Å²) in [7, 11) is -1.55. The van der Waals surface area contributed by atoms with Crippen molar-refractivity contribution in [2.24, 2.45) is 0 Å². The predicted molar refractivity (Wildman–Crippen MR) is 76.8 cm³/mol. The summed E-state index contributed by atoms with van der Waals surface area (Å²) in [6.45, 7) is 12.4. The van der Waals surface area contributed by atoms with E-state index in [9.17, 15) is 9.90 Å². The highest BCUT2D eigenvalue weighted by molar-refractivity contribution is 6.68. The second kappa shape index (κ2) is 5.17. The van der Waals surface area contributed by atoms with E-state index in [1.54, 1.807) is 0 Å². The van der Waals surface area contributed by atoms with E-state index in [0.29, 0.717) is 0 Å². The van der Waals surface area contributed by atoms with E-state index in [2.05, 4.69) is 33.4 Å². The average Bonchev–Trinajstić information content (AvgIpc) is 2.25. The molecule has 1 aliphatic rings. The summed E-state index contributed by atoms with van der Waals surface area (Å²) < 4.78 is 5.90. The first kappa shape index (κ1) is 15.4. The molecule has 1 N–H and O–H groups in total. The maximum absolute atomic E-state index is 11.8. The van der Waals surface area contributed by atoms with Crippen molar-refractivity contribution in [1.29, 1.82) is 0 Å². The zero-order valence-corrected chi connectivity index (χ0v) is 13.5. The van der Waals surface area contributed by atoms with Crippen molar-refractivity contribution in [3.8, 4) is 0 Å². The van der Waals surface area contributed by atoms with Crippen molar-refractivity contribution in [2.75, 3.05) is 0 Å². The largest absolute Gasteiger partial charge is 0.481 e. The summed E-state index contributed by atoms with van der Waals surface area (Å²) in [5.41, 5.74) is 0. The van der Waals surface area contributed by atoms with Crippen molar-refractivity contribution in [2.45, 2.75) is 69.9 Å². The summed E-state index contributed by atoms with van der Waals surface area (Å²) in [5.74, 6) is -0.722. The Labute approximate surface area is 112 Å². The van der Waals surface area contributed by atoms with E-state index >= 15 is 0 Å². The molecule has 0 aromatic rings. The van der Waals surface area contributed by atoms with Crippen LogP contribution in [0.5, 0.6) is 0 Å². The van der Waals surface area contributed by atoms with E-state index in [1.165, 1.54) is 0 Å². The molecule has 1 heterocycles. The Morgan fingerprint density at radius 2 is 1.94 bits per heavy atom. The molecule has 0 amide bonds. The van der Waals surface area contributed by atoms with Gasteiger partial charge in [0.2, 0.25) is 0 Å². The topological polar surface area (TPSA) is 46.5 Å². The molecule has 104 valence electrons. The minimum Gasteiger partial charge on any atom is -0.481 e. The van der Waals surface area contributed by atoms with Crippen LogP contribution in [0.3, 0.4) is 0 Å². The van der Waals surface area contributed by atoms with E-state index < -0.39 is 19.8 Å². The lowest BCUT2D eigenvalue weighted by atomic mass is 9.99. The smallest absolute Gasteiger partial charge is 0.309 e. The number of aliphatic carboxylic acids is 1. The molecule has 1 aliphatic heterocycles. The van der Waals surface area contributed by atoms with Crippen molar-refractivity contribution < 1.29 is 14.6 Å². The van der Waals surface area contributed by atoms with Gasteiger partial charge in [-0.25, -0.2) is 0 Å². The summed E-state index contributed by atoms with van der Waals surface area (Å²) in [5, 5.41) is 9.03. The molecule has 0 aromatic carbocycles. The van der Waals surface area contributed by atoms with E-state index in [0.717, 1.165) is 6.42 Å². The Bertz CT molecular complexity index is 345. The summed E-state index contributed by atoms with van der Waals surface area (Å²) in [4.78, 5) is 11.8. The third-order valence-corrected chi connectivity index (χ3v) is 9.38. The maximum Gasteiger partial charge on any atom is 0.309 e. The highest BCUT2D eigenvalue weighted by Crippen LogP contribution is 2.47. The fourth-order valence-electron chi connectivity index (χ4n) is 2.54. The molecule has 0 aliphatic carbocycles. The van der Waals surface area contributed by atoms with Crippen LogP contribution in [0, 0.1) is 0 Å². The van der Waals surface area contributed by atoms with Crippen molar-refractivity contribution in [3.63, 3.8) is 0 Å². The van der Waals surface area contributed by atoms with Gasteiger partial charge in [0.1, 0.15) is 0 Å². The van der Waals surface area contributed by atoms with Crippen molar-refractivity contribution in [1.82, 2.24) is 0 Å². The number of carboxylic acids is 1. The zero-order valence-electron chi connectivity index (χ0n) is 12.4. The molecular formula is C14H26O3Si. The third kappa shape index (κ3) is 2.86. The molecule has 0 saturated heterocycles. The van der Waals surface area contributed by atoms with Crippen LogP contribution in [0.2, 0.25) is 16.6 Å². The molecule has 18 heavy (non-hydrogen) atoms. The van der Waals surface area contributed by atoms with Crippen LogP contribution in [0.1, 0.15) is 41.0 Å². The minimum absolute atomic E-state index is 0.0605. The number of hydrogen-bond donors (Lipinski definition) is 1. The lowest BCUT2D eigenvalue weighted by molar-refractivity contribution is -0.145. The highest BCUT2D eigenvalue weighted by atomic mass is 28.3. The molecule has 0 saturated carbocycles. The Kier molecular flexibility index (Phi) is 4.44. The second-order valence-electron chi connectivity index (χ2n) is 6.71. The maximum atomic E-state index is 11.8. The first-order valence-electron chi connectivity index (χ1n) is 6.65. The van der Waals surface area contributed by atoms with Crippen LogP contribution < -0.4 is 0 Å². The Hall–Kier alpha value is -0.613. The van der Waals surface area contributed by atoms with Crippen LogP contribution in [0.15, 0.2) is 12.2 Å². The minimum atomic E-state index is -1.55. The van der Waals surface area contributed by atoms with Gasteiger partial charge in [0.05, 0.1) is 26.0 Å². The number of rotatable bonds is 3. The van der Waals surface area contributed by atoms with Crippen molar-refractivity contribution >= 4 is 14.8 Å². The van der Waals surface area contributed by atoms with E-state index in [-0.39, 0.29) is 17.2 Å².